The third-order valence-corrected chi connectivity index (χ3v) is 1.49. The maximum absolute atomic E-state index is 10.9. The molecule has 0 N–H and O–H groups in total. The first-order valence-electron chi connectivity index (χ1n) is 4.15. The summed E-state index contributed by atoms with van der Waals surface area (Å²) in [5, 5.41) is 3.71. The number of ether oxygens (including phenoxy) is 1. The first-order valence-corrected chi connectivity index (χ1v) is 4.15. The third-order valence-electron chi connectivity index (χ3n) is 1.49. The van der Waals surface area contributed by atoms with Gasteiger partial charge >= 0.3 is 5.97 Å². The highest BCUT2D eigenvalue weighted by Gasteiger charge is 2.11. The Hall–Kier alpha value is -1.43. The zero-order chi connectivity index (χ0) is 10.6. The predicted octanol–water partition coefficient (Wildman–Crippen LogP) is -0.153. The molecular formula is C8H13N3O3. The summed E-state index contributed by atoms with van der Waals surface area (Å²) < 4.78 is 9.32. The van der Waals surface area contributed by atoms with Gasteiger partial charge in [0.2, 0.25) is 5.89 Å². The Morgan fingerprint density at radius 1 is 1.57 bits per heavy atom. The monoisotopic (exact) mass is 199 g/mol. The van der Waals surface area contributed by atoms with Gasteiger partial charge in [-0.25, -0.2) is 0 Å². The summed E-state index contributed by atoms with van der Waals surface area (Å²) in [5.41, 5.74) is 0. The van der Waals surface area contributed by atoms with E-state index in [2.05, 4.69) is 14.9 Å². The Morgan fingerprint density at radius 2 is 2.29 bits per heavy atom. The third kappa shape index (κ3) is 3.14. The number of carbonyl (C=O) groups excluding carboxylic acids is 1. The summed E-state index contributed by atoms with van der Waals surface area (Å²) >= 11 is 0. The molecule has 0 aliphatic carbocycles. The summed E-state index contributed by atoms with van der Waals surface area (Å²) in [6.07, 6.45) is 0.0247. The first kappa shape index (κ1) is 10.6. The molecule has 0 aromatic carbocycles. The van der Waals surface area contributed by atoms with Crippen LogP contribution in [0.25, 0.3) is 0 Å². The quantitative estimate of drug-likeness (QED) is 0.628. The van der Waals surface area contributed by atoms with Gasteiger partial charge in [-0.1, -0.05) is 5.16 Å². The van der Waals surface area contributed by atoms with Crippen molar-refractivity contribution in [3.05, 3.63) is 11.7 Å². The molecule has 1 aromatic rings. The van der Waals surface area contributed by atoms with E-state index in [1.165, 1.54) is 7.11 Å². The van der Waals surface area contributed by atoms with Crippen molar-refractivity contribution < 1.29 is 14.1 Å². The predicted molar refractivity (Wildman–Crippen MR) is 47.4 cm³/mol. The summed E-state index contributed by atoms with van der Waals surface area (Å²) in [6, 6.07) is 0. The van der Waals surface area contributed by atoms with Crippen molar-refractivity contribution in [2.45, 2.75) is 13.0 Å². The van der Waals surface area contributed by atoms with Crippen molar-refractivity contribution in [3.63, 3.8) is 0 Å². The number of nitrogens with zero attached hydrogens (tertiary/aromatic N) is 3. The van der Waals surface area contributed by atoms with Crippen molar-refractivity contribution in [2.24, 2.45) is 0 Å². The van der Waals surface area contributed by atoms with Crippen LogP contribution in [0, 0.1) is 0 Å². The molecular weight excluding hydrogens is 186 g/mol. The number of esters is 1. The average molecular weight is 199 g/mol. The van der Waals surface area contributed by atoms with Gasteiger partial charge in [0.25, 0.3) is 0 Å². The molecule has 1 aromatic heterocycles. The second kappa shape index (κ2) is 4.71. The summed E-state index contributed by atoms with van der Waals surface area (Å²) in [4.78, 5) is 16.8. The van der Waals surface area contributed by atoms with E-state index in [4.69, 9.17) is 4.52 Å². The van der Waals surface area contributed by atoms with Crippen molar-refractivity contribution in [3.8, 4) is 0 Å². The SMILES string of the molecule is COC(=O)Cc1nc(CN(C)C)no1. The molecule has 0 radical (unpaired) electrons. The van der Waals surface area contributed by atoms with Gasteiger partial charge < -0.3 is 14.2 Å². The Morgan fingerprint density at radius 3 is 2.86 bits per heavy atom. The molecule has 0 atom stereocenters. The van der Waals surface area contributed by atoms with Crippen molar-refractivity contribution in [1.29, 1.82) is 0 Å². The second-order valence-electron chi connectivity index (χ2n) is 3.10. The van der Waals surface area contributed by atoms with E-state index in [9.17, 15) is 4.79 Å². The van der Waals surface area contributed by atoms with Gasteiger partial charge in [0.15, 0.2) is 5.82 Å². The maximum atomic E-state index is 10.9. The minimum absolute atomic E-state index is 0.0247. The highest BCUT2D eigenvalue weighted by molar-refractivity contribution is 5.70. The van der Waals surface area contributed by atoms with Crippen molar-refractivity contribution >= 4 is 5.97 Å². The van der Waals surface area contributed by atoms with E-state index < -0.39 is 0 Å². The number of aromatic nitrogens is 2. The molecule has 6 nitrogen and oxygen atoms in total. The molecule has 0 amide bonds. The van der Waals surface area contributed by atoms with Crippen LogP contribution in [0.15, 0.2) is 4.52 Å². The van der Waals surface area contributed by atoms with E-state index in [-0.39, 0.29) is 18.3 Å². The standard InChI is InChI=1S/C8H13N3O3/c1-11(2)5-6-9-7(14-10-6)4-8(12)13-3/h4-5H2,1-3H3. The number of hydrogen-bond donors (Lipinski definition) is 0. The Balaban J connectivity index is 2.55. The molecule has 0 saturated carbocycles. The van der Waals surface area contributed by atoms with Crippen LogP contribution in [0.4, 0.5) is 0 Å². The van der Waals surface area contributed by atoms with Gasteiger partial charge in [0, 0.05) is 0 Å². The molecule has 1 heterocycles. The highest BCUT2D eigenvalue weighted by atomic mass is 16.5. The summed E-state index contributed by atoms with van der Waals surface area (Å²) in [6.45, 7) is 0.588. The summed E-state index contributed by atoms with van der Waals surface area (Å²) in [5.74, 6) is 0.465. The first-order chi connectivity index (χ1) is 6.61. The van der Waals surface area contributed by atoms with E-state index >= 15 is 0 Å². The Kier molecular flexibility index (Phi) is 3.58. The second-order valence-corrected chi connectivity index (χ2v) is 3.10. The molecule has 0 fully saturated rings. The number of methoxy groups -OCH3 is 1. The lowest BCUT2D eigenvalue weighted by Crippen LogP contribution is -2.12. The summed E-state index contributed by atoms with van der Waals surface area (Å²) in [7, 11) is 5.12. The fourth-order valence-corrected chi connectivity index (χ4v) is 0.905. The molecule has 0 bridgehead atoms. The smallest absolute Gasteiger partial charge is 0.315 e. The molecule has 1 rings (SSSR count). The topological polar surface area (TPSA) is 68.5 Å². The number of rotatable bonds is 4. The van der Waals surface area contributed by atoms with E-state index in [0.717, 1.165) is 0 Å². The Labute approximate surface area is 81.8 Å². The van der Waals surface area contributed by atoms with Crippen LogP contribution in [0.2, 0.25) is 0 Å². The molecule has 78 valence electrons. The van der Waals surface area contributed by atoms with Crippen LogP contribution in [0.3, 0.4) is 0 Å². The van der Waals surface area contributed by atoms with Crippen LogP contribution in [-0.2, 0) is 22.5 Å². The molecule has 6 heteroatoms. The normalized spacial score (nSPS) is 10.6. The van der Waals surface area contributed by atoms with E-state index in [1.54, 1.807) is 0 Å². The average Bonchev–Trinajstić information content (AvgIpc) is 2.51. The van der Waals surface area contributed by atoms with E-state index in [1.807, 2.05) is 19.0 Å². The van der Waals surface area contributed by atoms with Gasteiger partial charge in [-0.3, -0.25) is 4.79 Å². The minimum atomic E-state index is -0.384. The Bertz CT molecular complexity index is 309. The lowest BCUT2D eigenvalue weighted by molar-refractivity contribution is -0.140. The van der Waals surface area contributed by atoms with Crippen LogP contribution in [-0.4, -0.2) is 42.2 Å². The maximum Gasteiger partial charge on any atom is 0.315 e. The zero-order valence-electron chi connectivity index (χ0n) is 8.48. The van der Waals surface area contributed by atoms with Crippen molar-refractivity contribution in [1.82, 2.24) is 15.0 Å². The molecule has 0 aliphatic rings. The lowest BCUT2D eigenvalue weighted by atomic mass is 10.4. The molecule has 0 unspecified atom stereocenters. The van der Waals surface area contributed by atoms with Crippen LogP contribution in [0.1, 0.15) is 11.7 Å². The lowest BCUT2D eigenvalue weighted by Gasteiger charge is -2.03. The number of carbonyl (C=O) groups is 1. The van der Waals surface area contributed by atoms with Gasteiger partial charge in [-0.2, -0.15) is 4.98 Å². The largest absolute Gasteiger partial charge is 0.469 e. The fourth-order valence-electron chi connectivity index (χ4n) is 0.905. The van der Waals surface area contributed by atoms with Gasteiger partial charge in [-0.15, -0.1) is 0 Å². The van der Waals surface area contributed by atoms with Crippen molar-refractivity contribution in [2.75, 3.05) is 21.2 Å². The number of hydrogen-bond acceptors (Lipinski definition) is 6. The molecule has 0 spiro atoms. The van der Waals surface area contributed by atoms with Crippen LogP contribution >= 0.6 is 0 Å². The van der Waals surface area contributed by atoms with Gasteiger partial charge in [0.05, 0.1) is 13.7 Å². The van der Waals surface area contributed by atoms with Crippen LogP contribution < -0.4 is 0 Å². The molecule has 0 saturated heterocycles. The zero-order valence-corrected chi connectivity index (χ0v) is 8.48. The molecule has 14 heavy (non-hydrogen) atoms. The molecule has 0 aliphatic heterocycles. The minimum Gasteiger partial charge on any atom is -0.469 e. The van der Waals surface area contributed by atoms with Gasteiger partial charge in [0.1, 0.15) is 6.42 Å². The fraction of sp³-hybridized carbons (Fsp3) is 0.625. The van der Waals surface area contributed by atoms with Crippen LogP contribution in [0.5, 0.6) is 0 Å². The highest BCUT2D eigenvalue weighted by Crippen LogP contribution is 2.00. The van der Waals surface area contributed by atoms with Gasteiger partial charge in [-0.05, 0) is 14.1 Å². The van der Waals surface area contributed by atoms with E-state index in [0.29, 0.717) is 12.4 Å².